The van der Waals surface area contributed by atoms with Gasteiger partial charge in [-0.05, 0) is 49.8 Å². The lowest BCUT2D eigenvalue weighted by atomic mass is 10.3. The van der Waals surface area contributed by atoms with Gasteiger partial charge in [-0.15, -0.1) is 0 Å². The summed E-state index contributed by atoms with van der Waals surface area (Å²) < 4.78 is 8.84. The average Bonchev–Trinajstić information content (AvgIpc) is 2.56. The summed E-state index contributed by atoms with van der Waals surface area (Å²) in [5.74, 6) is 0. The first-order chi connectivity index (χ1) is 7.04. The SMILES string of the molecule is CCC(C)OCc1nn(C(C)C)cc1I. The van der Waals surface area contributed by atoms with Gasteiger partial charge in [-0.3, -0.25) is 4.68 Å². The third-order valence-corrected chi connectivity index (χ3v) is 3.27. The Morgan fingerprint density at radius 1 is 1.47 bits per heavy atom. The molecule has 1 atom stereocenters. The monoisotopic (exact) mass is 322 g/mol. The molecule has 0 aliphatic rings. The largest absolute Gasteiger partial charge is 0.372 e. The van der Waals surface area contributed by atoms with E-state index < -0.39 is 0 Å². The highest BCUT2D eigenvalue weighted by Crippen LogP contribution is 2.15. The molecule has 1 aromatic rings. The molecule has 0 aromatic carbocycles. The molecule has 86 valence electrons. The molecule has 0 spiro atoms. The highest BCUT2D eigenvalue weighted by atomic mass is 127. The summed E-state index contributed by atoms with van der Waals surface area (Å²) in [5, 5.41) is 4.50. The van der Waals surface area contributed by atoms with Gasteiger partial charge in [0.2, 0.25) is 0 Å². The number of hydrogen-bond acceptors (Lipinski definition) is 2. The van der Waals surface area contributed by atoms with Crippen molar-refractivity contribution in [2.45, 2.75) is 52.9 Å². The van der Waals surface area contributed by atoms with Gasteiger partial charge in [0.1, 0.15) is 5.69 Å². The van der Waals surface area contributed by atoms with E-state index >= 15 is 0 Å². The van der Waals surface area contributed by atoms with Crippen LogP contribution in [0.3, 0.4) is 0 Å². The first-order valence-corrected chi connectivity index (χ1v) is 6.47. The maximum atomic E-state index is 5.67. The zero-order valence-corrected chi connectivity index (χ0v) is 12.0. The van der Waals surface area contributed by atoms with Crippen molar-refractivity contribution in [2.75, 3.05) is 0 Å². The van der Waals surface area contributed by atoms with Crippen LogP contribution in [0.15, 0.2) is 6.20 Å². The molecule has 4 heteroatoms. The lowest BCUT2D eigenvalue weighted by Crippen LogP contribution is -2.08. The van der Waals surface area contributed by atoms with E-state index in [1.165, 1.54) is 3.57 Å². The second-order valence-electron chi connectivity index (χ2n) is 4.03. The minimum absolute atomic E-state index is 0.310. The van der Waals surface area contributed by atoms with Gasteiger partial charge in [0.25, 0.3) is 0 Å². The molecule has 0 amide bonds. The molecule has 1 rings (SSSR count). The molecular weight excluding hydrogens is 303 g/mol. The molecule has 0 saturated heterocycles. The maximum absolute atomic E-state index is 5.67. The topological polar surface area (TPSA) is 27.1 Å². The van der Waals surface area contributed by atoms with Gasteiger partial charge in [0.15, 0.2) is 0 Å². The van der Waals surface area contributed by atoms with Crippen LogP contribution in [0.25, 0.3) is 0 Å². The summed E-state index contributed by atoms with van der Waals surface area (Å²) in [4.78, 5) is 0. The summed E-state index contributed by atoms with van der Waals surface area (Å²) >= 11 is 2.31. The lowest BCUT2D eigenvalue weighted by Gasteiger charge is -2.09. The van der Waals surface area contributed by atoms with Crippen LogP contribution < -0.4 is 0 Å². The van der Waals surface area contributed by atoms with Gasteiger partial charge < -0.3 is 4.74 Å². The molecule has 0 saturated carbocycles. The van der Waals surface area contributed by atoms with Crippen molar-refractivity contribution < 1.29 is 4.74 Å². The molecular formula is C11H19IN2O. The van der Waals surface area contributed by atoms with Crippen molar-refractivity contribution in [1.82, 2.24) is 9.78 Å². The van der Waals surface area contributed by atoms with Crippen LogP contribution in [0.2, 0.25) is 0 Å². The Morgan fingerprint density at radius 3 is 2.60 bits per heavy atom. The molecule has 1 unspecified atom stereocenters. The summed E-state index contributed by atoms with van der Waals surface area (Å²) in [6.07, 6.45) is 3.42. The fourth-order valence-electron chi connectivity index (χ4n) is 1.11. The number of halogens is 1. The van der Waals surface area contributed by atoms with Crippen molar-refractivity contribution in [3.05, 3.63) is 15.5 Å². The van der Waals surface area contributed by atoms with Gasteiger partial charge in [-0.1, -0.05) is 6.92 Å². The smallest absolute Gasteiger partial charge is 0.101 e. The van der Waals surface area contributed by atoms with Crippen LogP contribution in [0.1, 0.15) is 45.9 Å². The third kappa shape index (κ3) is 3.75. The minimum Gasteiger partial charge on any atom is -0.372 e. The second-order valence-corrected chi connectivity index (χ2v) is 5.19. The average molecular weight is 322 g/mol. The van der Waals surface area contributed by atoms with E-state index in [0.717, 1.165) is 12.1 Å². The Kier molecular flexibility index (Phi) is 5.05. The number of aromatic nitrogens is 2. The molecule has 15 heavy (non-hydrogen) atoms. The van der Waals surface area contributed by atoms with Gasteiger partial charge in [0, 0.05) is 12.2 Å². The Balaban J connectivity index is 2.61. The lowest BCUT2D eigenvalue weighted by molar-refractivity contribution is 0.0482. The number of nitrogens with zero attached hydrogens (tertiary/aromatic N) is 2. The van der Waals surface area contributed by atoms with Crippen LogP contribution in [-0.4, -0.2) is 15.9 Å². The minimum atomic E-state index is 0.310. The summed E-state index contributed by atoms with van der Waals surface area (Å²) in [7, 11) is 0. The van der Waals surface area contributed by atoms with E-state index in [9.17, 15) is 0 Å². The zero-order chi connectivity index (χ0) is 11.4. The van der Waals surface area contributed by atoms with Gasteiger partial charge in [0.05, 0.1) is 16.3 Å². The van der Waals surface area contributed by atoms with Crippen LogP contribution in [0, 0.1) is 3.57 Å². The highest BCUT2D eigenvalue weighted by molar-refractivity contribution is 14.1. The number of ether oxygens (including phenoxy) is 1. The van der Waals surface area contributed by atoms with Crippen LogP contribution in [0.5, 0.6) is 0 Å². The molecule has 0 bridgehead atoms. The van der Waals surface area contributed by atoms with E-state index in [4.69, 9.17) is 4.74 Å². The summed E-state index contributed by atoms with van der Waals surface area (Å²) in [6.45, 7) is 9.09. The van der Waals surface area contributed by atoms with E-state index in [2.05, 4.69) is 61.6 Å². The van der Waals surface area contributed by atoms with E-state index in [0.29, 0.717) is 18.8 Å². The van der Waals surface area contributed by atoms with E-state index in [-0.39, 0.29) is 0 Å². The Morgan fingerprint density at radius 2 is 2.13 bits per heavy atom. The first-order valence-electron chi connectivity index (χ1n) is 5.39. The zero-order valence-electron chi connectivity index (χ0n) is 9.83. The molecule has 0 aliphatic heterocycles. The van der Waals surface area contributed by atoms with Crippen LogP contribution >= 0.6 is 22.6 Å². The van der Waals surface area contributed by atoms with Crippen LogP contribution in [-0.2, 0) is 11.3 Å². The maximum Gasteiger partial charge on any atom is 0.101 e. The molecule has 3 nitrogen and oxygen atoms in total. The molecule has 0 fully saturated rings. The molecule has 1 aromatic heterocycles. The quantitative estimate of drug-likeness (QED) is 0.777. The van der Waals surface area contributed by atoms with Crippen molar-refractivity contribution >= 4 is 22.6 Å². The number of hydrogen-bond donors (Lipinski definition) is 0. The standard InChI is InChI=1S/C11H19IN2O/c1-5-9(4)15-7-11-10(12)6-14(13-11)8(2)3/h6,8-9H,5,7H2,1-4H3. The predicted molar refractivity (Wildman–Crippen MR) is 69.9 cm³/mol. The summed E-state index contributed by atoms with van der Waals surface area (Å²) in [6, 6.07) is 0.413. The van der Waals surface area contributed by atoms with Crippen molar-refractivity contribution in [3.63, 3.8) is 0 Å². The van der Waals surface area contributed by atoms with Crippen molar-refractivity contribution in [3.8, 4) is 0 Å². The Labute approximate surface area is 105 Å². The molecule has 0 N–H and O–H groups in total. The van der Waals surface area contributed by atoms with Gasteiger partial charge in [-0.2, -0.15) is 5.10 Å². The predicted octanol–water partition coefficient (Wildman–Crippen LogP) is 3.38. The van der Waals surface area contributed by atoms with Crippen LogP contribution in [0.4, 0.5) is 0 Å². The normalized spacial score (nSPS) is 13.5. The second kappa shape index (κ2) is 5.84. The fourth-order valence-corrected chi connectivity index (χ4v) is 1.66. The van der Waals surface area contributed by atoms with Crippen molar-refractivity contribution in [2.24, 2.45) is 0 Å². The van der Waals surface area contributed by atoms with Crippen molar-refractivity contribution in [1.29, 1.82) is 0 Å². The first kappa shape index (κ1) is 13.0. The van der Waals surface area contributed by atoms with E-state index in [1.807, 2.05) is 4.68 Å². The Hall–Kier alpha value is -0.100. The molecule has 0 radical (unpaired) electrons. The highest BCUT2D eigenvalue weighted by Gasteiger charge is 2.09. The third-order valence-electron chi connectivity index (χ3n) is 2.37. The van der Waals surface area contributed by atoms with Gasteiger partial charge >= 0.3 is 0 Å². The molecule has 1 heterocycles. The molecule has 0 aliphatic carbocycles. The summed E-state index contributed by atoms with van der Waals surface area (Å²) in [5.41, 5.74) is 1.05. The van der Waals surface area contributed by atoms with Gasteiger partial charge in [-0.25, -0.2) is 0 Å². The number of rotatable bonds is 5. The fraction of sp³-hybridized carbons (Fsp3) is 0.727. The Bertz CT molecular complexity index is 310. The van der Waals surface area contributed by atoms with E-state index in [1.54, 1.807) is 0 Å².